The molecule has 16 heavy (non-hydrogen) atoms. The number of ketones is 1. The Kier molecular flexibility index (Phi) is 3.57. The van der Waals surface area contributed by atoms with Crippen molar-refractivity contribution in [2.45, 2.75) is 13.1 Å². The van der Waals surface area contributed by atoms with Crippen molar-refractivity contribution in [3.63, 3.8) is 0 Å². The number of halogens is 4. The smallest absolute Gasteiger partial charge is 0.294 e. The average molecular weight is 339 g/mol. The Balaban J connectivity index is 3.64. The number of carbonyl (C=O) groups excluding carboxylic acids is 1. The van der Waals surface area contributed by atoms with Gasteiger partial charge in [-0.2, -0.15) is 18.4 Å². The fourth-order valence-corrected chi connectivity index (χ4v) is 2.13. The van der Waals surface area contributed by atoms with Gasteiger partial charge in [-0.3, -0.25) is 4.79 Å². The molecule has 0 spiro atoms. The van der Waals surface area contributed by atoms with Gasteiger partial charge in [-0.25, -0.2) is 0 Å². The molecule has 0 aliphatic rings. The van der Waals surface area contributed by atoms with Gasteiger partial charge in [-0.1, -0.05) is 0 Å². The SMILES string of the molecule is CC(=O)c1ccc(C#N)c(I)c1C(F)(F)F. The van der Waals surface area contributed by atoms with E-state index in [0.29, 0.717) is 0 Å². The number of carbonyl (C=O) groups is 1. The van der Waals surface area contributed by atoms with Crippen LogP contribution in [0, 0.1) is 14.9 Å². The van der Waals surface area contributed by atoms with E-state index in [-0.39, 0.29) is 9.13 Å². The van der Waals surface area contributed by atoms with Crippen molar-refractivity contribution in [2.24, 2.45) is 0 Å². The van der Waals surface area contributed by atoms with Crippen LogP contribution in [0.3, 0.4) is 0 Å². The first-order valence-electron chi connectivity index (χ1n) is 4.09. The molecular weight excluding hydrogens is 334 g/mol. The van der Waals surface area contributed by atoms with E-state index in [1.165, 1.54) is 28.7 Å². The standard InChI is InChI=1S/C10H5F3INO/c1-5(16)7-3-2-6(4-15)9(14)8(7)10(11,12)13/h2-3H,1H3. The lowest BCUT2D eigenvalue weighted by molar-refractivity contribution is -0.138. The molecule has 6 heteroatoms. The summed E-state index contributed by atoms with van der Waals surface area (Å²) in [5.41, 5.74) is -1.52. The monoisotopic (exact) mass is 339 g/mol. The highest BCUT2D eigenvalue weighted by Gasteiger charge is 2.37. The molecule has 0 atom stereocenters. The number of benzene rings is 1. The van der Waals surface area contributed by atoms with Crippen LogP contribution in [0.25, 0.3) is 0 Å². The third-order valence-electron chi connectivity index (χ3n) is 1.93. The summed E-state index contributed by atoms with van der Waals surface area (Å²) in [6, 6.07) is 3.90. The number of alkyl halides is 3. The van der Waals surface area contributed by atoms with E-state index in [9.17, 15) is 18.0 Å². The Bertz CT molecular complexity index is 488. The van der Waals surface area contributed by atoms with Gasteiger partial charge in [0.2, 0.25) is 0 Å². The minimum absolute atomic E-state index is 0.0853. The van der Waals surface area contributed by atoms with E-state index in [4.69, 9.17) is 5.26 Å². The van der Waals surface area contributed by atoms with Crippen LogP contribution in [0.4, 0.5) is 13.2 Å². The molecule has 0 bridgehead atoms. The van der Waals surface area contributed by atoms with Crippen molar-refractivity contribution < 1.29 is 18.0 Å². The molecule has 2 nitrogen and oxygen atoms in total. The molecule has 0 fully saturated rings. The highest BCUT2D eigenvalue weighted by atomic mass is 127. The largest absolute Gasteiger partial charge is 0.418 e. The van der Waals surface area contributed by atoms with E-state index in [1.54, 1.807) is 6.07 Å². The number of hydrogen-bond acceptors (Lipinski definition) is 2. The van der Waals surface area contributed by atoms with Crippen molar-refractivity contribution in [3.8, 4) is 6.07 Å². The summed E-state index contributed by atoms with van der Waals surface area (Å²) in [4.78, 5) is 11.1. The van der Waals surface area contributed by atoms with Gasteiger partial charge in [0.15, 0.2) is 5.78 Å². The van der Waals surface area contributed by atoms with Gasteiger partial charge in [0.25, 0.3) is 0 Å². The summed E-state index contributed by atoms with van der Waals surface area (Å²) in [6.45, 7) is 1.06. The van der Waals surface area contributed by atoms with Crippen LogP contribution in [0.5, 0.6) is 0 Å². The quantitative estimate of drug-likeness (QED) is 0.581. The summed E-state index contributed by atoms with van der Waals surface area (Å²) in [7, 11) is 0. The number of nitrogens with zero attached hydrogens (tertiary/aromatic N) is 1. The molecular formula is C10H5F3INO. The third kappa shape index (κ3) is 2.35. The topological polar surface area (TPSA) is 40.9 Å². The molecule has 84 valence electrons. The van der Waals surface area contributed by atoms with Crippen LogP contribution in [-0.4, -0.2) is 5.78 Å². The first-order chi connectivity index (χ1) is 7.29. The van der Waals surface area contributed by atoms with E-state index < -0.39 is 23.1 Å². The number of Topliss-reactive ketones (excluding diaryl/α,β-unsaturated/α-hetero) is 1. The van der Waals surface area contributed by atoms with Gasteiger partial charge in [-0.15, -0.1) is 0 Å². The van der Waals surface area contributed by atoms with Crippen molar-refractivity contribution in [3.05, 3.63) is 32.4 Å². The van der Waals surface area contributed by atoms with Crippen LogP contribution in [0.2, 0.25) is 0 Å². The van der Waals surface area contributed by atoms with Crippen molar-refractivity contribution in [2.75, 3.05) is 0 Å². The van der Waals surface area contributed by atoms with Crippen molar-refractivity contribution in [1.82, 2.24) is 0 Å². The van der Waals surface area contributed by atoms with Crippen LogP contribution >= 0.6 is 22.6 Å². The predicted molar refractivity (Wildman–Crippen MR) is 58.9 cm³/mol. The zero-order chi connectivity index (χ0) is 12.5. The maximum Gasteiger partial charge on any atom is 0.418 e. The Morgan fingerprint density at radius 1 is 1.44 bits per heavy atom. The van der Waals surface area contributed by atoms with Crippen LogP contribution in [0.1, 0.15) is 28.4 Å². The van der Waals surface area contributed by atoms with Crippen LogP contribution in [0.15, 0.2) is 12.1 Å². The molecule has 0 heterocycles. The van der Waals surface area contributed by atoms with E-state index in [2.05, 4.69) is 0 Å². The third-order valence-corrected chi connectivity index (χ3v) is 3.05. The number of nitriles is 1. The number of hydrogen-bond donors (Lipinski definition) is 0. The van der Waals surface area contributed by atoms with Crippen molar-refractivity contribution >= 4 is 28.4 Å². The molecule has 1 aromatic rings. The van der Waals surface area contributed by atoms with Gasteiger partial charge >= 0.3 is 6.18 Å². The summed E-state index contributed by atoms with van der Waals surface area (Å²) in [5.74, 6) is -0.672. The second-order valence-electron chi connectivity index (χ2n) is 3.02. The fourth-order valence-electron chi connectivity index (χ4n) is 1.23. The maximum absolute atomic E-state index is 12.7. The second kappa shape index (κ2) is 4.41. The van der Waals surface area contributed by atoms with Gasteiger partial charge < -0.3 is 0 Å². The second-order valence-corrected chi connectivity index (χ2v) is 4.09. The summed E-state index contributed by atoms with van der Waals surface area (Å²) in [6.07, 6.45) is -4.63. The van der Waals surface area contributed by atoms with Gasteiger partial charge in [0.1, 0.15) is 6.07 Å². The molecule has 0 unspecified atom stereocenters. The molecule has 0 amide bonds. The normalized spacial score (nSPS) is 11.0. The highest BCUT2D eigenvalue weighted by Crippen LogP contribution is 2.36. The molecule has 1 aromatic carbocycles. The average Bonchev–Trinajstić information content (AvgIpc) is 2.14. The van der Waals surface area contributed by atoms with Crippen molar-refractivity contribution in [1.29, 1.82) is 5.26 Å². The van der Waals surface area contributed by atoms with E-state index in [1.807, 2.05) is 0 Å². The molecule has 0 radical (unpaired) electrons. The van der Waals surface area contributed by atoms with E-state index in [0.717, 1.165) is 13.0 Å². The molecule has 1 rings (SSSR count). The first-order valence-corrected chi connectivity index (χ1v) is 5.17. The summed E-state index contributed by atoms with van der Waals surface area (Å²) < 4.78 is 37.9. The van der Waals surface area contributed by atoms with Crippen LogP contribution < -0.4 is 0 Å². The lowest BCUT2D eigenvalue weighted by atomic mass is 10.0. The lowest BCUT2D eigenvalue weighted by Gasteiger charge is -2.13. The van der Waals surface area contributed by atoms with Gasteiger partial charge in [0, 0.05) is 9.13 Å². The molecule has 0 aliphatic carbocycles. The predicted octanol–water partition coefficient (Wildman–Crippen LogP) is 3.38. The van der Waals surface area contributed by atoms with Gasteiger partial charge in [0.05, 0.1) is 11.1 Å². The molecule has 0 saturated heterocycles. The van der Waals surface area contributed by atoms with Gasteiger partial charge in [-0.05, 0) is 41.6 Å². The maximum atomic E-state index is 12.7. The molecule has 0 saturated carbocycles. The number of rotatable bonds is 1. The zero-order valence-corrected chi connectivity index (χ0v) is 10.2. The molecule has 0 aliphatic heterocycles. The highest BCUT2D eigenvalue weighted by molar-refractivity contribution is 14.1. The molecule has 0 N–H and O–H groups in total. The Morgan fingerprint density at radius 3 is 2.38 bits per heavy atom. The minimum Gasteiger partial charge on any atom is -0.294 e. The van der Waals surface area contributed by atoms with E-state index >= 15 is 0 Å². The minimum atomic E-state index is -4.63. The fraction of sp³-hybridized carbons (Fsp3) is 0.200. The first kappa shape index (κ1) is 13.0. The Morgan fingerprint density at radius 2 is 2.00 bits per heavy atom. The van der Waals surface area contributed by atoms with Crippen LogP contribution in [-0.2, 0) is 6.18 Å². The zero-order valence-electron chi connectivity index (χ0n) is 8.02. The lowest BCUT2D eigenvalue weighted by Crippen LogP contribution is -2.15. The summed E-state index contributed by atoms with van der Waals surface area (Å²) >= 11 is 1.43. The molecule has 0 aromatic heterocycles. The Labute approximate surface area is 103 Å². The summed E-state index contributed by atoms with van der Waals surface area (Å²) in [5, 5.41) is 8.63. The Hall–Kier alpha value is -1.10.